The van der Waals surface area contributed by atoms with Crippen molar-refractivity contribution in [2.75, 3.05) is 19.0 Å². The number of anilines is 1. The van der Waals surface area contributed by atoms with E-state index in [4.69, 9.17) is 5.11 Å². The summed E-state index contributed by atoms with van der Waals surface area (Å²) >= 11 is 0. The zero-order valence-electron chi connectivity index (χ0n) is 9.60. The van der Waals surface area contributed by atoms with Crippen LogP contribution in [0.25, 0.3) is 0 Å². The summed E-state index contributed by atoms with van der Waals surface area (Å²) in [5.74, 6) is -1.17. The first-order chi connectivity index (χ1) is 8.13. The highest BCUT2D eigenvalue weighted by Crippen LogP contribution is 2.09. The molecule has 1 rings (SSSR count). The Morgan fingerprint density at radius 3 is 2.47 bits per heavy atom. The molecule has 0 atom stereocenters. The Kier molecular flexibility index (Phi) is 5.00. The maximum absolute atomic E-state index is 10.8. The van der Waals surface area contributed by atoms with Crippen LogP contribution in [-0.4, -0.2) is 30.7 Å². The number of carbonyl (C=O) groups is 2. The van der Waals surface area contributed by atoms with Crippen LogP contribution < -0.4 is 5.32 Å². The van der Waals surface area contributed by atoms with E-state index in [0.717, 1.165) is 5.69 Å². The summed E-state index contributed by atoms with van der Waals surface area (Å²) in [6.07, 6.45) is 1.05. The molecule has 0 heterocycles. The second kappa shape index (κ2) is 6.52. The van der Waals surface area contributed by atoms with E-state index in [9.17, 15) is 9.59 Å². The fraction of sp³-hybridized carbons (Fsp3) is 0.333. The summed E-state index contributed by atoms with van der Waals surface area (Å²) in [5.41, 5.74) is 1.09. The van der Waals surface area contributed by atoms with Gasteiger partial charge in [-0.3, -0.25) is 4.79 Å². The first kappa shape index (κ1) is 13.0. The van der Waals surface area contributed by atoms with Crippen LogP contribution in [0.15, 0.2) is 24.3 Å². The standard InChI is InChI=1S/C12H15NO4/c1-17-11(14)3-2-8-13-10-6-4-9(5-7-10)12(15)16/h4-7,13H,2-3,8H2,1H3,(H,15,16). The lowest BCUT2D eigenvalue weighted by molar-refractivity contribution is -0.140. The van der Waals surface area contributed by atoms with Gasteiger partial charge < -0.3 is 15.2 Å². The molecule has 92 valence electrons. The average molecular weight is 237 g/mol. The molecule has 0 fully saturated rings. The number of rotatable bonds is 6. The molecular formula is C12H15NO4. The van der Waals surface area contributed by atoms with Crippen LogP contribution in [-0.2, 0) is 9.53 Å². The molecule has 2 N–H and O–H groups in total. The molecule has 0 bridgehead atoms. The smallest absolute Gasteiger partial charge is 0.335 e. The van der Waals surface area contributed by atoms with Crippen LogP contribution in [0.2, 0.25) is 0 Å². The minimum atomic E-state index is -0.942. The van der Waals surface area contributed by atoms with Crippen molar-refractivity contribution in [1.82, 2.24) is 0 Å². The lowest BCUT2D eigenvalue weighted by Crippen LogP contribution is -2.06. The molecule has 1 aromatic carbocycles. The van der Waals surface area contributed by atoms with Crippen LogP contribution in [0.4, 0.5) is 5.69 Å². The summed E-state index contributed by atoms with van der Waals surface area (Å²) in [6.45, 7) is 0.640. The lowest BCUT2D eigenvalue weighted by atomic mass is 10.2. The quantitative estimate of drug-likeness (QED) is 0.582. The van der Waals surface area contributed by atoms with Crippen LogP contribution in [0, 0.1) is 0 Å². The molecule has 1 aromatic rings. The van der Waals surface area contributed by atoms with E-state index in [0.29, 0.717) is 19.4 Å². The van der Waals surface area contributed by atoms with E-state index < -0.39 is 5.97 Å². The number of carboxylic acid groups (broad SMARTS) is 1. The summed E-state index contributed by atoms with van der Waals surface area (Å²) < 4.78 is 4.51. The van der Waals surface area contributed by atoms with Gasteiger partial charge >= 0.3 is 11.9 Å². The highest BCUT2D eigenvalue weighted by molar-refractivity contribution is 5.87. The highest BCUT2D eigenvalue weighted by atomic mass is 16.5. The first-order valence-corrected chi connectivity index (χ1v) is 5.27. The number of hydrogen-bond donors (Lipinski definition) is 2. The van der Waals surface area contributed by atoms with Crippen LogP contribution in [0.1, 0.15) is 23.2 Å². The van der Waals surface area contributed by atoms with Crippen molar-refractivity contribution in [1.29, 1.82) is 0 Å². The van der Waals surface area contributed by atoms with Crippen LogP contribution >= 0.6 is 0 Å². The largest absolute Gasteiger partial charge is 0.478 e. The number of carboxylic acids is 1. The fourth-order valence-corrected chi connectivity index (χ4v) is 1.30. The topological polar surface area (TPSA) is 75.6 Å². The summed E-state index contributed by atoms with van der Waals surface area (Å²) in [6, 6.07) is 6.46. The van der Waals surface area contributed by atoms with E-state index in [1.807, 2.05) is 0 Å². The molecule has 0 aliphatic carbocycles. The minimum absolute atomic E-state index is 0.229. The Hall–Kier alpha value is -2.04. The summed E-state index contributed by atoms with van der Waals surface area (Å²) in [5, 5.41) is 11.8. The lowest BCUT2D eigenvalue weighted by Gasteiger charge is -2.05. The van der Waals surface area contributed by atoms with Gasteiger partial charge in [0.05, 0.1) is 12.7 Å². The average Bonchev–Trinajstić information content (AvgIpc) is 2.34. The predicted molar refractivity (Wildman–Crippen MR) is 63.1 cm³/mol. The molecule has 0 amide bonds. The van der Waals surface area contributed by atoms with Gasteiger partial charge in [-0.05, 0) is 30.7 Å². The molecule has 0 aliphatic rings. The third-order valence-corrected chi connectivity index (χ3v) is 2.25. The molecule has 5 heteroatoms. The molecule has 0 saturated heterocycles. The second-order valence-corrected chi connectivity index (χ2v) is 3.49. The Balaban J connectivity index is 2.32. The number of nitrogens with one attached hydrogen (secondary N) is 1. The third kappa shape index (κ3) is 4.55. The molecule has 0 aromatic heterocycles. The zero-order chi connectivity index (χ0) is 12.7. The third-order valence-electron chi connectivity index (χ3n) is 2.25. The van der Waals surface area contributed by atoms with E-state index in [1.54, 1.807) is 12.1 Å². The van der Waals surface area contributed by atoms with Crippen molar-refractivity contribution in [3.8, 4) is 0 Å². The van der Waals surface area contributed by atoms with Crippen molar-refractivity contribution in [2.24, 2.45) is 0 Å². The van der Waals surface area contributed by atoms with E-state index in [2.05, 4.69) is 10.1 Å². The second-order valence-electron chi connectivity index (χ2n) is 3.49. The fourth-order valence-electron chi connectivity index (χ4n) is 1.30. The number of esters is 1. The number of aromatic carboxylic acids is 1. The first-order valence-electron chi connectivity index (χ1n) is 5.27. The molecule has 0 radical (unpaired) electrons. The van der Waals surface area contributed by atoms with E-state index >= 15 is 0 Å². The van der Waals surface area contributed by atoms with Gasteiger partial charge in [0.1, 0.15) is 0 Å². The van der Waals surface area contributed by atoms with E-state index in [1.165, 1.54) is 19.2 Å². The van der Waals surface area contributed by atoms with Crippen molar-refractivity contribution in [3.63, 3.8) is 0 Å². The van der Waals surface area contributed by atoms with Gasteiger partial charge in [0.15, 0.2) is 0 Å². The highest BCUT2D eigenvalue weighted by Gasteiger charge is 2.02. The Morgan fingerprint density at radius 2 is 1.94 bits per heavy atom. The predicted octanol–water partition coefficient (Wildman–Crippen LogP) is 1.75. The van der Waals surface area contributed by atoms with Crippen molar-refractivity contribution in [2.45, 2.75) is 12.8 Å². The molecule has 0 saturated carbocycles. The Morgan fingerprint density at radius 1 is 1.29 bits per heavy atom. The van der Waals surface area contributed by atoms with E-state index in [-0.39, 0.29) is 11.5 Å². The van der Waals surface area contributed by atoms with Gasteiger partial charge in [0, 0.05) is 18.7 Å². The SMILES string of the molecule is COC(=O)CCCNc1ccc(C(=O)O)cc1. The normalized spacial score (nSPS) is 9.71. The van der Waals surface area contributed by atoms with Gasteiger partial charge in [0.2, 0.25) is 0 Å². The van der Waals surface area contributed by atoms with Crippen LogP contribution in [0.3, 0.4) is 0 Å². The van der Waals surface area contributed by atoms with Gasteiger partial charge in [-0.25, -0.2) is 4.79 Å². The van der Waals surface area contributed by atoms with Gasteiger partial charge in [-0.2, -0.15) is 0 Å². The number of ether oxygens (including phenoxy) is 1. The molecule has 0 spiro atoms. The number of carbonyl (C=O) groups excluding carboxylic acids is 1. The van der Waals surface area contributed by atoms with Gasteiger partial charge in [-0.15, -0.1) is 0 Å². The van der Waals surface area contributed by atoms with Crippen molar-refractivity contribution >= 4 is 17.6 Å². The monoisotopic (exact) mass is 237 g/mol. The molecule has 17 heavy (non-hydrogen) atoms. The Bertz CT molecular complexity index is 386. The van der Waals surface area contributed by atoms with Gasteiger partial charge in [0.25, 0.3) is 0 Å². The van der Waals surface area contributed by atoms with Crippen molar-refractivity contribution in [3.05, 3.63) is 29.8 Å². The molecular weight excluding hydrogens is 222 g/mol. The molecule has 5 nitrogen and oxygen atoms in total. The maximum atomic E-state index is 10.8. The van der Waals surface area contributed by atoms with Crippen LogP contribution in [0.5, 0.6) is 0 Å². The summed E-state index contributed by atoms with van der Waals surface area (Å²) in [4.78, 5) is 21.4. The number of methoxy groups -OCH3 is 1. The summed E-state index contributed by atoms with van der Waals surface area (Å²) in [7, 11) is 1.36. The van der Waals surface area contributed by atoms with Gasteiger partial charge in [-0.1, -0.05) is 0 Å². The number of benzene rings is 1. The Labute approximate surface area is 99.4 Å². The number of hydrogen-bond acceptors (Lipinski definition) is 4. The van der Waals surface area contributed by atoms with Crippen molar-refractivity contribution < 1.29 is 19.4 Å². The maximum Gasteiger partial charge on any atom is 0.335 e. The minimum Gasteiger partial charge on any atom is -0.478 e. The molecule has 0 unspecified atom stereocenters. The zero-order valence-corrected chi connectivity index (χ0v) is 9.60. The molecule has 0 aliphatic heterocycles.